The van der Waals surface area contributed by atoms with Gasteiger partial charge in [0.1, 0.15) is 11.5 Å². The summed E-state index contributed by atoms with van der Waals surface area (Å²) in [7, 11) is 0. The maximum atomic E-state index is 12.9. The molecule has 32 heavy (non-hydrogen) atoms. The Hall–Kier alpha value is -3.66. The first-order chi connectivity index (χ1) is 15.1. The summed E-state index contributed by atoms with van der Waals surface area (Å²) in [5.74, 6) is 0.430. The summed E-state index contributed by atoms with van der Waals surface area (Å²) >= 11 is 0. The number of fused-ring (bicyclic) bond motifs is 1. The number of hydrogen-bond acceptors (Lipinski definition) is 4. The van der Waals surface area contributed by atoms with Crippen molar-refractivity contribution >= 4 is 17.8 Å². The quantitative estimate of drug-likeness (QED) is 0.275. The van der Waals surface area contributed by atoms with Gasteiger partial charge in [-0.3, -0.25) is 4.79 Å². The first kappa shape index (κ1) is 21.6. The van der Waals surface area contributed by atoms with Crippen molar-refractivity contribution in [1.82, 2.24) is 0 Å². The van der Waals surface area contributed by atoms with Crippen molar-refractivity contribution in [3.05, 3.63) is 99.8 Å². The second-order valence-electron chi connectivity index (χ2n) is 9.13. The molecule has 0 unspecified atom stereocenters. The first-order valence-corrected chi connectivity index (χ1v) is 10.6. The molecule has 0 fully saturated rings. The highest BCUT2D eigenvalue weighted by atomic mass is 16.5. The van der Waals surface area contributed by atoms with Crippen molar-refractivity contribution in [3.8, 4) is 11.5 Å². The van der Waals surface area contributed by atoms with Crippen LogP contribution in [0.15, 0.2) is 66.4 Å². The van der Waals surface area contributed by atoms with Gasteiger partial charge in [0.15, 0.2) is 5.76 Å². The Balaban J connectivity index is 1.57. The summed E-state index contributed by atoms with van der Waals surface area (Å²) in [6.07, 6.45) is 1.74. The van der Waals surface area contributed by atoms with Gasteiger partial charge in [-0.05, 0) is 60.7 Å². The van der Waals surface area contributed by atoms with E-state index >= 15 is 0 Å². The van der Waals surface area contributed by atoms with E-state index in [0.717, 1.165) is 11.1 Å². The fourth-order valence-electron chi connectivity index (χ4n) is 3.56. The van der Waals surface area contributed by atoms with Crippen LogP contribution in [0.5, 0.6) is 11.5 Å². The summed E-state index contributed by atoms with van der Waals surface area (Å²) < 4.78 is 11.5. The molecule has 0 aromatic heterocycles. The molecule has 0 atom stereocenters. The van der Waals surface area contributed by atoms with Crippen LogP contribution in [0.1, 0.15) is 63.7 Å². The third-order valence-corrected chi connectivity index (χ3v) is 5.60. The van der Waals surface area contributed by atoms with Crippen LogP contribution in [-0.4, -0.2) is 11.8 Å². The molecule has 1 aliphatic heterocycles. The molecule has 1 heterocycles. The van der Waals surface area contributed by atoms with Crippen molar-refractivity contribution < 1.29 is 19.1 Å². The van der Waals surface area contributed by atoms with E-state index in [4.69, 9.17) is 9.47 Å². The summed E-state index contributed by atoms with van der Waals surface area (Å²) in [5.41, 5.74) is 4.78. The highest BCUT2D eigenvalue weighted by Gasteiger charge is 2.30. The Labute approximate surface area is 188 Å². The van der Waals surface area contributed by atoms with Gasteiger partial charge in [0.2, 0.25) is 5.78 Å². The topological polar surface area (TPSA) is 52.6 Å². The second kappa shape index (κ2) is 8.12. The molecule has 0 amide bonds. The molecule has 0 aliphatic carbocycles. The number of benzene rings is 3. The van der Waals surface area contributed by atoms with E-state index < -0.39 is 5.97 Å². The molecular formula is C28H26O4. The van der Waals surface area contributed by atoms with E-state index in [1.54, 1.807) is 37.3 Å². The largest absolute Gasteiger partial charge is 0.452 e. The molecule has 3 aromatic rings. The Morgan fingerprint density at radius 2 is 1.56 bits per heavy atom. The Bertz CT molecular complexity index is 1220. The van der Waals surface area contributed by atoms with Crippen LogP contribution in [0.25, 0.3) is 6.08 Å². The molecule has 0 N–H and O–H groups in total. The van der Waals surface area contributed by atoms with Gasteiger partial charge in [-0.1, -0.05) is 62.7 Å². The standard InChI is InChI=1S/C28H26O4/c1-17-6-10-20(11-7-17)27(30)32-23-15-14-22-25(29)24(31-26(22)18(23)2)16-19-8-12-21(13-9-19)28(3,4)5/h6-16H,1-5H3/b24-16-. The summed E-state index contributed by atoms with van der Waals surface area (Å²) in [6.45, 7) is 10.2. The molecule has 4 nitrogen and oxygen atoms in total. The van der Waals surface area contributed by atoms with Crippen LogP contribution in [0.2, 0.25) is 0 Å². The van der Waals surface area contributed by atoms with E-state index in [1.807, 2.05) is 31.2 Å². The zero-order valence-electron chi connectivity index (χ0n) is 19.0. The molecule has 0 saturated carbocycles. The van der Waals surface area contributed by atoms with Crippen LogP contribution in [-0.2, 0) is 5.41 Å². The molecule has 0 bridgehead atoms. The smallest absolute Gasteiger partial charge is 0.343 e. The van der Waals surface area contributed by atoms with E-state index in [1.165, 1.54) is 5.56 Å². The van der Waals surface area contributed by atoms with E-state index in [-0.39, 0.29) is 17.0 Å². The normalized spacial score (nSPS) is 14.3. The number of aryl methyl sites for hydroxylation is 1. The van der Waals surface area contributed by atoms with Gasteiger partial charge in [0, 0.05) is 5.56 Å². The fourth-order valence-corrected chi connectivity index (χ4v) is 3.56. The van der Waals surface area contributed by atoms with Gasteiger partial charge in [0.05, 0.1) is 11.1 Å². The fraction of sp³-hybridized carbons (Fsp3) is 0.214. The van der Waals surface area contributed by atoms with Gasteiger partial charge in [0.25, 0.3) is 0 Å². The van der Waals surface area contributed by atoms with Crippen LogP contribution >= 0.6 is 0 Å². The molecule has 1 aliphatic rings. The third kappa shape index (κ3) is 4.22. The number of carbonyl (C=O) groups excluding carboxylic acids is 2. The Morgan fingerprint density at radius 1 is 0.906 bits per heavy atom. The first-order valence-electron chi connectivity index (χ1n) is 10.6. The highest BCUT2D eigenvalue weighted by molar-refractivity contribution is 6.15. The maximum Gasteiger partial charge on any atom is 0.343 e. The Kier molecular flexibility index (Phi) is 5.47. The van der Waals surface area contributed by atoms with E-state index in [9.17, 15) is 9.59 Å². The van der Waals surface area contributed by atoms with Crippen molar-refractivity contribution in [2.45, 2.75) is 40.0 Å². The monoisotopic (exact) mass is 426 g/mol. The third-order valence-electron chi connectivity index (χ3n) is 5.60. The van der Waals surface area contributed by atoms with E-state index in [0.29, 0.717) is 28.2 Å². The van der Waals surface area contributed by atoms with Crippen LogP contribution < -0.4 is 9.47 Å². The SMILES string of the molecule is Cc1ccc(C(=O)Oc2ccc3c(c2C)O/C(=C\c2ccc(C(C)(C)C)cc2)C3=O)cc1. The Morgan fingerprint density at radius 3 is 2.19 bits per heavy atom. The van der Waals surface area contributed by atoms with Crippen LogP contribution in [0.4, 0.5) is 0 Å². The zero-order chi connectivity index (χ0) is 23.0. The number of rotatable bonds is 3. The highest BCUT2D eigenvalue weighted by Crippen LogP contribution is 2.39. The lowest BCUT2D eigenvalue weighted by Crippen LogP contribution is -2.10. The molecule has 4 heteroatoms. The number of hydrogen-bond donors (Lipinski definition) is 0. The molecule has 0 radical (unpaired) electrons. The van der Waals surface area contributed by atoms with Gasteiger partial charge in [-0.2, -0.15) is 0 Å². The number of ether oxygens (including phenoxy) is 2. The second-order valence-corrected chi connectivity index (χ2v) is 9.13. The van der Waals surface area contributed by atoms with Crippen molar-refractivity contribution in [1.29, 1.82) is 0 Å². The van der Waals surface area contributed by atoms with Crippen molar-refractivity contribution in [2.24, 2.45) is 0 Å². The number of allylic oxidation sites excluding steroid dienone is 1. The zero-order valence-corrected chi connectivity index (χ0v) is 19.0. The average Bonchev–Trinajstić information content (AvgIpc) is 3.06. The molecule has 4 rings (SSSR count). The molecule has 162 valence electrons. The molecule has 3 aromatic carbocycles. The lowest BCUT2D eigenvalue weighted by Gasteiger charge is -2.18. The lowest BCUT2D eigenvalue weighted by atomic mass is 9.86. The van der Waals surface area contributed by atoms with Gasteiger partial charge < -0.3 is 9.47 Å². The minimum atomic E-state index is -0.452. The number of carbonyl (C=O) groups is 2. The molecule has 0 saturated heterocycles. The van der Waals surface area contributed by atoms with Crippen molar-refractivity contribution in [3.63, 3.8) is 0 Å². The summed E-state index contributed by atoms with van der Waals surface area (Å²) in [4.78, 5) is 25.4. The minimum absolute atomic E-state index is 0.0606. The molecule has 0 spiro atoms. The number of esters is 1. The number of ketones is 1. The van der Waals surface area contributed by atoms with Crippen LogP contribution in [0, 0.1) is 13.8 Å². The lowest BCUT2D eigenvalue weighted by molar-refractivity contribution is 0.0733. The van der Waals surface area contributed by atoms with Gasteiger partial charge >= 0.3 is 5.97 Å². The van der Waals surface area contributed by atoms with Crippen LogP contribution in [0.3, 0.4) is 0 Å². The van der Waals surface area contributed by atoms with Gasteiger partial charge in [-0.25, -0.2) is 4.79 Å². The summed E-state index contributed by atoms with van der Waals surface area (Å²) in [5, 5.41) is 0. The van der Waals surface area contributed by atoms with Crippen molar-refractivity contribution in [2.75, 3.05) is 0 Å². The molecular weight excluding hydrogens is 400 g/mol. The predicted octanol–water partition coefficient (Wildman–Crippen LogP) is 6.44. The maximum absolute atomic E-state index is 12.9. The van der Waals surface area contributed by atoms with Gasteiger partial charge in [-0.15, -0.1) is 0 Å². The van der Waals surface area contributed by atoms with E-state index in [2.05, 4.69) is 32.9 Å². The minimum Gasteiger partial charge on any atom is -0.452 e. The average molecular weight is 427 g/mol. The predicted molar refractivity (Wildman–Crippen MR) is 125 cm³/mol. The summed E-state index contributed by atoms with van der Waals surface area (Å²) in [6, 6.07) is 18.5. The number of Topliss-reactive ketones (excluding diaryl/α,β-unsaturated/α-hetero) is 1.